The summed E-state index contributed by atoms with van der Waals surface area (Å²) in [6.45, 7) is 3.96. The number of rotatable bonds is 7. The van der Waals surface area contributed by atoms with E-state index in [1.165, 1.54) is 32.1 Å². The Morgan fingerprint density at radius 2 is 1.90 bits per heavy atom. The molecule has 1 aromatic heterocycles. The second kappa shape index (κ2) is 9.62. The molecule has 1 amide bonds. The van der Waals surface area contributed by atoms with E-state index >= 15 is 0 Å². The predicted molar refractivity (Wildman–Crippen MR) is 114 cm³/mol. The van der Waals surface area contributed by atoms with Crippen LogP contribution in [0.2, 0.25) is 0 Å². The van der Waals surface area contributed by atoms with Crippen LogP contribution in [0.1, 0.15) is 55.3 Å². The van der Waals surface area contributed by atoms with Gasteiger partial charge in [0.2, 0.25) is 5.88 Å². The Bertz CT molecular complexity index is 697. The van der Waals surface area contributed by atoms with Crippen LogP contribution < -0.4 is 4.74 Å². The Kier molecular flexibility index (Phi) is 6.91. The molecule has 7 heteroatoms. The van der Waals surface area contributed by atoms with Crippen LogP contribution in [0.15, 0.2) is 18.3 Å². The van der Waals surface area contributed by atoms with Crippen LogP contribution in [0, 0.1) is 0 Å². The van der Waals surface area contributed by atoms with Crippen LogP contribution in [-0.4, -0.2) is 85.4 Å². The lowest BCUT2D eigenvalue weighted by molar-refractivity contribution is -0.203. The topological polar surface area (TPSA) is 64.1 Å². The lowest BCUT2D eigenvalue weighted by Crippen LogP contribution is -2.75. The zero-order valence-electron chi connectivity index (χ0n) is 18.3. The Morgan fingerprint density at radius 3 is 2.53 bits per heavy atom. The summed E-state index contributed by atoms with van der Waals surface area (Å²) in [7, 11) is 3.31. The average molecular weight is 418 g/mol. The van der Waals surface area contributed by atoms with Crippen molar-refractivity contribution >= 4 is 5.91 Å². The number of amides is 1. The zero-order valence-corrected chi connectivity index (χ0v) is 18.3. The number of carbonyl (C=O) groups is 1. The molecule has 3 aliphatic rings. The largest absolute Gasteiger partial charge is 0.481 e. The van der Waals surface area contributed by atoms with E-state index in [1.807, 2.05) is 4.90 Å². The van der Waals surface area contributed by atoms with Gasteiger partial charge in [-0.25, -0.2) is 4.98 Å². The van der Waals surface area contributed by atoms with Gasteiger partial charge in [0.05, 0.1) is 32.0 Å². The normalized spacial score (nSPS) is 24.6. The van der Waals surface area contributed by atoms with Crippen molar-refractivity contribution < 1.29 is 19.0 Å². The van der Waals surface area contributed by atoms with Gasteiger partial charge in [0, 0.05) is 50.6 Å². The number of nitrogens with zero attached hydrogens (tertiary/aromatic N) is 3. The highest BCUT2D eigenvalue weighted by molar-refractivity contribution is 5.94. The highest BCUT2D eigenvalue weighted by Crippen LogP contribution is 2.47. The minimum absolute atomic E-state index is 0.0698. The fourth-order valence-corrected chi connectivity index (χ4v) is 5.56. The van der Waals surface area contributed by atoms with Crippen molar-refractivity contribution in [3.63, 3.8) is 0 Å². The number of piperidine rings is 1. The molecule has 7 nitrogen and oxygen atoms in total. The molecular weight excluding hydrogens is 382 g/mol. The van der Waals surface area contributed by atoms with Gasteiger partial charge in [-0.3, -0.25) is 9.69 Å². The Balaban J connectivity index is 1.34. The summed E-state index contributed by atoms with van der Waals surface area (Å²) in [5.41, 5.74) is 0.844. The molecule has 1 aromatic rings. The summed E-state index contributed by atoms with van der Waals surface area (Å²) in [6, 6.07) is 4.09. The standard InChI is InChI=1S/C23H35N3O4/c1-28-14-15-30-20-17-26(23(20)10-4-3-5-11-23)19-8-12-25(13-9-19)22(27)18-6-7-21(29-2)24-16-18/h6-7,16,19-20H,3-5,8-15,17H2,1-2H3. The Hall–Kier alpha value is -1.70. The third-order valence-electron chi connectivity index (χ3n) is 7.24. The van der Waals surface area contributed by atoms with Crippen molar-refractivity contribution in [1.29, 1.82) is 0 Å². The van der Waals surface area contributed by atoms with E-state index < -0.39 is 0 Å². The molecule has 30 heavy (non-hydrogen) atoms. The molecule has 0 aromatic carbocycles. The van der Waals surface area contributed by atoms with E-state index in [2.05, 4.69) is 9.88 Å². The maximum Gasteiger partial charge on any atom is 0.255 e. The maximum absolute atomic E-state index is 12.9. The molecule has 1 spiro atoms. The first-order chi connectivity index (χ1) is 14.7. The highest BCUT2D eigenvalue weighted by atomic mass is 16.5. The monoisotopic (exact) mass is 417 g/mol. The molecule has 2 aliphatic heterocycles. The van der Waals surface area contributed by atoms with Crippen molar-refractivity contribution in [2.75, 3.05) is 47.1 Å². The molecule has 166 valence electrons. The van der Waals surface area contributed by atoms with Gasteiger partial charge in [-0.1, -0.05) is 19.3 Å². The number of carbonyl (C=O) groups excluding carboxylic acids is 1. The minimum atomic E-state index is 0.0698. The fourth-order valence-electron chi connectivity index (χ4n) is 5.56. The number of likely N-dealkylation sites (tertiary alicyclic amines) is 2. The quantitative estimate of drug-likeness (QED) is 0.636. The number of methoxy groups -OCH3 is 2. The van der Waals surface area contributed by atoms with Crippen LogP contribution in [-0.2, 0) is 9.47 Å². The molecule has 0 radical (unpaired) electrons. The molecule has 3 fully saturated rings. The molecule has 1 atom stereocenters. The molecule has 1 unspecified atom stereocenters. The lowest BCUT2D eigenvalue weighted by Gasteiger charge is -2.63. The van der Waals surface area contributed by atoms with Gasteiger partial charge >= 0.3 is 0 Å². The van der Waals surface area contributed by atoms with Gasteiger partial charge in [0.1, 0.15) is 0 Å². The first kappa shape index (κ1) is 21.5. The maximum atomic E-state index is 12.9. The van der Waals surface area contributed by atoms with Crippen LogP contribution >= 0.6 is 0 Å². The van der Waals surface area contributed by atoms with Gasteiger partial charge in [-0.15, -0.1) is 0 Å². The van der Waals surface area contributed by atoms with Crippen LogP contribution in [0.4, 0.5) is 0 Å². The average Bonchev–Trinajstić information content (AvgIpc) is 2.81. The van der Waals surface area contributed by atoms with E-state index in [1.54, 1.807) is 32.5 Å². The van der Waals surface area contributed by atoms with E-state index in [0.29, 0.717) is 36.8 Å². The fraction of sp³-hybridized carbons (Fsp3) is 0.739. The van der Waals surface area contributed by atoms with Gasteiger partial charge in [-0.05, 0) is 31.7 Å². The number of ether oxygens (including phenoxy) is 3. The summed E-state index contributed by atoms with van der Waals surface area (Å²) < 4.78 is 16.5. The summed E-state index contributed by atoms with van der Waals surface area (Å²) in [5.74, 6) is 0.600. The van der Waals surface area contributed by atoms with E-state index in [4.69, 9.17) is 14.2 Å². The number of aromatic nitrogens is 1. The molecular formula is C23H35N3O4. The van der Waals surface area contributed by atoms with Gasteiger partial charge in [-0.2, -0.15) is 0 Å². The van der Waals surface area contributed by atoms with Crippen LogP contribution in [0.3, 0.4) is 0 Å². The summed E-state index contributed by atoms with van der Waals surface area (Å²) in [5, 5.41) is 0. The first-order valence-corrected chi connectivity index (χ1v) is 11.3. The van der Waals surface area contributed by atoms with Crippen LogP contribution in [0.25, 0.3) is 0 Å². The first-order valence-electron chi connectivity index (χ1n) is 11.3. The van der Waals surface area contributed by atoms with Crippen LogP contribution in [0.5, 0.6) is 5.88 Å². The SMILES string of the molecule is COCCOC1CN(C2CCN(C(=O)c3ccc(OC)nc3)CC2)C12CCCCC2. The van der Waals surface area contributed by atoms with Crippen molar-refractivity contribution in [1.82, 2.24) is 14.8 Å². The summed E-state index contributed by atoms with van der Waals surface area (Å²) >= 11 is 0. The van der Waals surface area contributed by atoms with E-state index in [0.717, 1.165) is 32.5 Å². The number of hydrogen-bond donors (Lipinski definition) is 0. The zero-order chi connectivity index (χ0) is 21.0. The van der Waals surface area contributed by atoms with Gasteiger partial charge in [0.25, 0.3) is 5.91 Å². The second-order valence-corrected chi connectivity index (χ2v) is 8.78. The number of hydrogen-bond acceptors (Lipinski definition) is 6. The Morgan fingerprint density at radius 1 is 1.13 bits per heavy atom. The lowest BCUT2D eigenvalue weighted by atomic mass is 9.69. The summed E-state index contributed by atoms with van der Waals surface area (Å²) in [6.07, 6.45) is 10.4. The smallest absolute Gasteiger partial charge is 0.255 e. The van der Waals surface area contributed by atoms with Gasteiger partial charge < -0.3 is 19.1 Å². The van der Waals surface area contributed by atoms with Gasteiger partial charge in [0.15, 0.2) is 0 Å². The Labute approximate surface area is 179 Å². The molecule has 0 N–H and O–H groups in total. The molecule has 1 aliphatic carbocycles. The predicted octanol–water partition coefficient (Wildman–Crippen LogP) is 2.74. The molecule has 0 bridgehead atoms. The molecule has 1 saturated carbocycles. The minimum Gasteiger partial charge on any atom is -0.481 e. The third kappa shape index (κ3) is 4.20. The van der Waals surface area contributed by atoms with Crippen molar-refractivity contribution in [2.45, 2.75) is 62.6 Å². The van der Waals surface area contributed by atoms with Crippen molar-refractivity contribution in [2.24, 2.45) is 0 Å². The van der Waals surface area contributed by atoms with Crippen molar-refractivity contribution in [3.05, 3.63) is 23.9 Å². The van der Waals surface area contributed by atoms with E-state index in [-0.39, 0.29) is 11.4 Å². The third-order valence-corrected chi connectivity index (χ3v) is 7.24. The molecule has 3 heterocycles. The summed E-state index contributed by atoms with van der Waals surface area (Å²) in [4.78, 5) is 21.7. The second-order valence-electron chi connectivity index (χ2n) is 8.78. The van der Waals surface area contributed by atoms with Crippen molar-refractivity contribution in [3.8, 4) is 5.88 Å². The highest BCUT2D eigenvalue weighted by Gasteiger charge is 2.56. The van der Waals surface area contributed by atoms with E-state index in [9.17, 15) is 4.79 Å². The molecule has 4 rings (SSSR count). The molecule has 2 saturated heterocycles. The number of pyridine rings is 1.